The second-order valence-corrected chi connectivity index (χ2v) is 5.47. The van der Waals surface area contributed by atoms with Gasteiger partial charge >= 0.3 is 0 Å². The summed E-state index contributed by atoms with van der Waals surface area (Å²) in [5.74, 6) is 0.268. The summed E-state index contributed by atoms with van der Waals surface area (Å²) in [6.45, 7) is 1.94. The van der Waals surface area contributed by atoms with Gasteiger partial charge in [-0.1, -0.05) is 35.9 Å². The fourth-order valence-electron chi connectivity index (χ4n) is 2.14. The van der Waals surface area contributed by atoms with Gasteiger partial charge in [0, 0.05) is 6.42 Å². The minimum atomic E-state index is -0.440. The zero-order valence-electron chi connectivity index (χ0n) is 8.76. The fourth-order valence-corrected chi connectivity index (χ4v) is 2.68. The van der Waals surface area contributed by atoms with Gasteiger partial charge in [-0.25, -0.2) is 0 Å². The minimum Gasteiger partial charge on any atom is -0.392 e. The first-order valence-corrected chi connectivity index (χ1v) is 6.91. The van der Waals surface area contributed by atoms with Crippen LogP contribution in [0.4, 0.5) is 0 Å². The lowest BCUT2D eigenvalue weighted by atomic mass is 9.69. The number of halogens is 1. The number of carbonyl (C=O) groups is 1. The molecule has 2 atom stereocenters. The van der Waals surface area contributed by atoms with Crippen LogP contribution in [0.15, 0.2) is 0 Å². The second-order valence-electron chi connectivity index (χ2n) is 4.39. The lowest BCUT2D eigenvalue weighted by molar-refractivity contribution is -0.139. The van der Waals surface area contributed by atoms with Crippen molar-refractivity contribution in [3.8, 4) is 0 Å². The van der Waals surface area contributed by atoms with Crippen molar-refractivity contribution in [1.82, 2.24) is 0 Å². The Morgan fingerprint density at radius 3 is 2.86 bits per heavy atom. The highest BCUT2D eigenvalue weighted by atomic mass is 127. The predicted molar refractivity (Wildman–Crippen MR) is 65.7 cm³/mol. The molecule has 0 heterocycles. The van der Waals surface area contributed by atoms with E-state index in [1.54, 1.807) is 0 Å². The van der Waals surface area contributed by atoms with E-state index in [0.717, 1.165) is 36.5 Å². The maximum absolute atomic E-state index is 11.8. The van der Waals surface area contributed by atoms with Gasteiger partial charge in [0.2, 0.25) is 0 Å². The van der Waals surface area contributed by atoms with Crippen molar-refractivity contribution in [2.24, 2.45) is 5.41 Å². The molecular weight excluding hydrogens is 291 g/mol. The second kappa shape index (κ2) is 5.45. The van der Waals surface area contributed by atoms with E-state index in [-0.39, 0.29) is 5.78 Å². The maximum Gasteiger partial charge on any atom is 0.141 e. The molecule has 1 aliphatic rings. The first-order chi connectivity index (χ1) is 6.61. The molecule has 14 heavy (non-hydrogen) atoms. The summed E-state index contributed by atoms with van der Waals surface area (Å²) in [6, 6.07) is 0. The Morgan fingerprint density at radius 1 is 1.57 bits per heavy atom. The number of alkyl halides is 1. The van der Waals surface area contributed by atoms with Crippen LogP contribution in [0.5, 0.6) is 0 Å². The van der Waals surface area contributed by atoms with Gasteiger partial charge in [0.05, 0.1) is 11.5 Å². The SMILES string of the molecule is C[C@@]1(CCCCI)C(=O)CCC[C@@H]1O. The molecule has 0 aromatic carbocycles. The van der Waals surface area contributed by atoms with E-state index in [0.29, 0.717) is 6.42 Å². The monoisotopic (exact) mass is 310 g/mol. The lowest BCUT2D eigenvalue weighted by Crippen LogP contribution is -2.43. The highest BCUT2D eigenvalue weighted by molar-refractivity contribution is 14.1. The Bertz CT molecular complexity index is 205. The van der Waals surface area contributed by atoms with Crippen molar-refractivity contribution in [3.63, 3.8) is 0 Å². The summed E-state index contributed by atoms with van der Waals surface area (Å²) >= 11 is 2.35. The molecule has 1 fully saturated rings. The molecule has 0 spiro atoms. The Balaban J connectivity index is 2.53. The maximum atomic E-state index is 11.8. The minimum absolute atomic E-state index is 0.268. The molecule has 0 unspecified atom stereocenters. The molecule has 82 valence electrons. The first-order valence-electron chi connectivity index (χ1n) is 5.38. The molecule has 0 aliphatic heterocycles. The van der Waals surface area contributed by atoms with E-state index in [4.69, 9.17) is 0 Å². The molecule has 1 N–H and O–H groups in total. The van der Waals surface area contributed by atoms with Gasteiger partial charge in [-0.3, -0.25) is 4.79 Å². The van der Waals surface area contributed by atoms with Crippen LogP contribution in [0.25, 0.3) is 0 Å². The number of ketones is 1. The van der Waals surface area contributed by atoms with Crippen LogP contribution >= 0.6 is 22.6 Å². The van der Waals surface area contributed by atoms with Gasteiger partial charge < -0.3 is 5.11 Å². The highest BCUT2D eigenvalue weighted by Crippen LogP contribution is 2.37. The van der Waals surface area contributed by atoms with Crippen molar-refractivity contribution in [2.75, 3.05) is 4.43 Å². The third-order valence-electron chi connectivity index (χ3n) is 3.33. The van der Waals surface area contributed by atoms with Gasteiger partial charge in [-0.05, 0) is 30.1 Å². The molecule has 2 nitrogen and oxygen atoms in total. The van der Waals surface area contributed by atoms with E-state index in [1.165, 1.54) is 0 Å². The summed E-state index contributed by atoms with van der Waals surface area (Å²) < 4.78 is 1.14. The molecule has 1 saturated carbocycles. The molecule has 0 aromatic rings. The summed E-state index contributed by atoms with van der Waals surface area (Å²) in [5, 5.41) is 9.88. The van der Waals surface area contributed by atoms with Gasteiger partial charge in [0.15, 0.2) is 0 Å². The first kappa shape index (κ1) is 12.4. The van der Waals surface area contributed by atoms with Gasteiger partial charge in [-0.2, -0.15) is 0 Å². The van der Waals surface area contributed by atoms with Crippen molar-refractivity contribution < 1.29 is 9.90 Å². The highest BCUT2D eigenvalue weighted by Gasteiger charge is 2.41. The zero-order chi connectivity index (χ0) is 10.6. The van der Waals surface area contributed by atoms with E-state index in [2.05, 4.69) is 22.6 Å². The molecule has 1 aliphatic carbocycles. The molecule has 0 radical (unpaired) electrons. The fraction of sp³-hybridized carbons (Fsp3) is 0.909. The number of aliphatic hydroxyl groups excluding tert-OH is 1. The van der Waals surface area contributed by atoms with E-state index >= 15 is 0 Å². The number of unbranched alkanes of at least 4 members (excludes halogenated alkanes) is 1. The largest absolute Gasteiger partial charge is 0.392 e. The smallest absolute Gasteiger partial charge is 0.141 e. The zero-order valence-corrected chi connectivity index (χ0v) is 10.9. The molecule has 0 saturated heterocycles. The average Bonchev–Trinajstić information content (AvgIpc) is 2.15. The van der Waals surface area contributed by atoms with E-state index in [1.807, 2.05) is 6.92 Å². The standard InChI is InChI=1S/C11H19IO2/c1-11(7-2-3-8-12)9(13)5-4-6-10(11)14/h9,13H,2-8H2,1H3/t9-,11-/m0/s1. The van der Waals surface area contributed by atoms with E-state index in [9.17, 15) is 9.90 Å². The van der Waals surface area contributed by atoms with Crippen LogP contribution in [-0.4, -0.2) is 21.4 Å². The normalized spacial score (nSPS) is 33.4. The molecule has 0 bridgehead atoms. The number of hydrogen-bond acceptors (Lipinski definition) is 2. The summed E-state index contributed by atoms with van der Waals surface area (Å²) in [6.07, 6.45) is 4.98. The van der Waals surface area contributed by atoms with Crippen LogP contribution in [0.1, 0.15) is 45.4 Å². The molecule has 0 aromatic heterocycles. The number of carbonyl (C=O) groups excluding carboxylic acids is 1. The number of Topliss-reactive ketones (excluding diaryl/α,β-unsaturated/α-hetero) is 1. The van der Waals surface area contributed by atoms with Crippen LogP contribution in [0.2, 0.25) is 0 Å². The number of aliphatic hydroxyl groups is 1. The quantitative estimate of drug-likeness (QED) is 0.492. The lowest BCUT2D eigenvalue weighted by Gasteiger charge is -2.37. The summed E-state index contributed by atoms with van der Waals surface area (Å²) in [5.41, 5.74) is -0.440. The molecular formula is C11H19IO2. The number of hydrogen-bond donors (Lipinski definition) is 1. The third kappa shape index (κ3) is 2.69. The van der Waals surface area contributed by atoms with Crippen LogP contribution in [0, 0.1) is 5.41 Å². The van der Waals surface area contributed by atoms with Crippen LogP contribution in [-0.2, 0) is 4.79 Å². The van der Waals surface area contributed by atoms with Crippen molar-refractivity contribution >= 4 is 28.4 Å². The van der Waals surface area contributed by atoms with E-state index < -0.39 is 11.5 Å². The van der Waals surface area contributed by atoms with Gasteiger partial charge in [0.1, 0.15) is 5.78 Å². The Morgan fingerprint density at radius 2 is 2.29 bits per heavy atom. The predicted octanol–water partition coefficient (Wildman–Crippen LogP) is 2.71. The molecule has 1 rings (SSSR count). The van der Waals surface area contributed by atoms with Crippen molar-refractivity contribution in [2.45, 2.75) is 51.6 Å². The molecule has 3 heteroatoms. The van der Waals surface area contributed by atoms with Crippen LogP contribution < -0.4 is 0 Å². The summed E-state index contributed by atoms with van der Waals surface area (Å²) in [4.78, 5) is 11.8. The van der Waals surface area contributed by atoms with Gasteiger partial charge in [0.25, 0.3) is 0 Å². The Labute approximate surface area is 99.6 Å². The van der Waals surface area contributed by atoms with Crippen molar-refractivity contribution in [3.05, 3.63) is 0 Å². The Kier molecular flexibility index (Phi) is 4.83. The average molecular weight is 310 g/mol. The topological polar surface area (TPSA) is 37.3 Å². The van der Waals surface area contributed by atoms with Gasteiger partial charge in [-0.15, -0.1) is 0 Å². The van der Waals surface area contributed by atoms with Crippen molar-refractivity contribution in [1.29, 1.82) is 0 Å². The summed E-state index contributed by atoms with van der Waals surface area (Å²) in [7, 11) is 0. The Hall–Kier alpha value is 0.360. The number of rotatable bonds is 4. The van der Waals surface area contributed by atoms with Crippen LogP contribution in [0.3, 0.4) is 0 Å². The third-order valence-corrected chi connectivity index (χ3v) is 4.10. The molecule has 0 amide bonds.